The third-order valence-electron chi connectivity index (χ3n) is 4.26. The summed E-state index contributed by atoms with van der Waals surface area (Å²) < 4.78 is 26.8. The normalized spacial score (nSPS) is 15.8. The quantitative estimate of drug-likeness (QED) is 0.583. The zero-order valence-corrected chi connectivity index (χ0v) is 15.6. The Balaban J connectivity index is 1.77. The molecule has 0 aliphatic carbocycles. The number of nitro benzene ring substituents is 1. The van der Waals surface area contributed by atoms with E-state index < -0.39 is 20.6 Å². The third kappa shape index (κ3) is 3.35. The number of benzene rings is 1. The molecule has 0 radical (unpaired) electrons. The molecule has 1 amide bonds. The Morgan fingerprint density at radius 1 is 1.15 bits per heavy atom. The molecule has 1 aliphatic heterocycles. The highest BCUT2D eigenvalue weighted by molar-refractivity contribution is 7.89. The van der Waals surface area contributed by atoms with Crippen LogP contribution in [0.25, 0.3) is 0 Å². The lowest BCUT2D eigenvalue weighted by Crippen LogP contribution is -2.50. The second-order valence-electron chi connectivity index (χ2n) is 5.85. The van der Waals surface area contributed by atoms with Gasteiger partial charge in [0.15, 0.2) is 4.90 Å². The van der Waals surface area contributed by atoms with Gasteiger partial charge in [0.25, 0.3) is 11.6 Å². The topological polar surface area (TPSA) is 101 Å². The standard InChI is InChI=1S/C16H17N3O5S2/c1-12-6-11-25-15(12)16(20)17-7-9-18(10-8-17)26(23,24)14-5-3-2-4-13(14)19(21)22/h2-6,11H,7-10H2,1H3. The first-order valence-corrected chi connectivity index (χ1v) is 10.2. The number of piperazine rings is 1. The number of rotatable bonds is 4. The Labute approximate surface area is 154 Å². The zero-order valence-electron chi connectivity index (χ0n) is 14.0. The van der Waals surface area contributed by atoms with Gasteiger partial charge in [0, 0.05) is 32.2 Å². The fourth-order valence-electron chi connectivity index (χ4n) is 2.83. The predicted molar refractivity (Wildman–Crippen MR) is 96.8 cm³/mol. The third-order valence-corrected chi connectivity index (χ3v) is 7.21. The molecule has 1 aliphatic rings. The van der Waals surface area contributed by atoms with Crippen molar-refractivity contribution in [3.8, 4) is 0 Å². The molecule has 0 spiro atoms. The summed E-state index contributed by atoms with van der Waals surface area (Å²) in [5.41, 5.74) is 0.454. The van der Waals surface area contributed by atoms with Gasteiger partial charge in [0.1, 0.15) is 0 Å². The van der Waals surface area contributed by atoms with Crippen molar-refractivity contribution in [1.29, 1.82) is 0 Å². The number of nitro groups is 1. The van der Waals surface area contributed by atoms with Crippen LogP contribution in [0.5, 0.6) is 0 Å². The van der Waals surface area contributed by atoms with E-state index in [0.29, 0.717) is 4.88 Å². The largest absolute Gasteiger partial charge is 0.335 e. The van der Waals surface area contributed by atoms with Crippen LogP contribution in [-0.4, -0.2) is 54.6 Å². The second kappa shape index (κ2) is 7.14. The van der Waals surface area contributed by atoms with Gasteiger partial charge in [-0.25, -0.2) is 8.42 Å². The van der Waals surface area contributed by atoms with Gasteiger partial charge in [-0.1, -0.05) is 12.1 Å². The summed E-state index contributed by atoms with van der Waals surface area (Å²) in [4.78, 5) is 24.9. The highest BCUT2D eigenvalue weighted by atomic mass is 32.2. The van der Waals surface area contributed by atoms with Crippen LogP contribution < -0.4 is 0 Å². The molecule has 0 bridgehead atoms. The van der Waals surface area contributed by atoms with Crippen LogP contribution in [0.3, 0.4) is 0 Å². The van der Waals surface area contributed by atoms with Gasteiger partial charge in [-0.05, 0) is 30.0 Å². The van der Waals surface area contributed by atoms with Crippen molar-refractivity contribution < 1.29 is 18.1 Å². The van der Waals surface area contributed by atoms with Gasteiger partial charge in [-0.3, -0.25) is 14.9 Å². The number of hydrogen-bond donors (Lipinski definition) is 0. The summed E-state index contributed by atoms with van der Waals surface area (Å²) in [6.07, 6.45) is 0. The summed E-state index contributed by atoms with van der Waals surface area (Å²) in [6, 6.07) is 7.16. The van der Waals surface area contributed by atoms with Crippen molar-refractivity contribution in [2.75, 3.05) is 26.2 Å². The molecule has 0 unspecified atom stereocenters. The van der Waals surface area contributed by atoms with Crippen molar-refractivity contribution in [1.82, 2.24) is 9.21 Å². The van der Waals surface area contributed by atoms with Crippen molar-refractivity contribution in [3.63, 3.8) is 0 Å². The van der Waals surface area contributed by atoms with Crippen molar-refractivity contribution in [3.05, 3.63) is 56.3 Å². The highest BCUT2D eigenvalue weighted by Crippen LogP contribution is 2.27. The molecule has 0 atom stereocenters. The Hall–Kier alpha value is -2.30. The summed E-state index contributed by atoms with van der Waals surface area (Å²) in [5, 5.41) is 13.0. The Bertz CT molecular complexity index is 946. The van der Waals surface area contributed by atoms with Crippen molar-refractivity contribution >= 4 is 33.0 Å². The summed E-state index contributed by atoms with van der Waals surface area (Å²) in [5.74, 6) is -0.111. The number of aryl methyl sites for hydroxylation is 1. The number of carbonyl (C=O) groups excluding carboxylic acids is 1. The first-order valence-electron chi connectivity index (χ1n) is 7.89. The molecule has 1 saturated heterocycles. The second-order valence-corrected chi connectivity index (χ2v) is 8.68. The minimum Gasteiger partial charge on any atom is -0.335 e. The van der Waals surface area contributed by atoms with E-state index >= 15 is 0 Å². The van der Waals surface area contributed by atoms with Gasteiger partial charge in [-0.15, -0.1) is 11.3 Å². The molecule has 8 nitrogen and oxygen atoms in total. The molecular weight excluding hydrogens is 378 g/mol. The van der Waals surface area contributed by atoms with E-state index in [2.05, 4.69) is 0 Å². The fraction of sp³-hybridized carbons (Fsp3) is 0.312. The Morgan fingerprint density at radius 2 is 1.81 bits per heavy atom. The number of thiophene rings is 1. The summed E-state index contributed by atoms with van der Waals surface area (Å²) >= 11 is 1.36. The highest BCUT2D eigenvalue weighted by Gasteiger charge is 2.34. The summed E-state index contributed by atoms with van der Waals surface area (Å²) in [7, 11) is -3.99. The molecule has 0 saturated carbocycles. The number of para-hydroxylation sites is 1. The molecule has 1 aromatic heterocycles. The van der Waals surface area contributed by atoms with Crippen LogP contribution in [0.4, 0.5) is 5.69 Å². The number of nitrogens with zero attached hydrogens (tertiary/aromatic N) is 3. The lowest BCUT2D eigenvalue weighted by Gasteiger charge is -2.33. The van der Waals surface area contributed by atoms with Gasteiger partial charge in [0.2, 0.25) is 10.0 Å². The number of carbonyl (C=O) groups is 1. The SMILES string of the molecule is Cc1ccsc1C(=O)N1CCN(S(=O)(=O)c2ccccc2[N+](=O)[O-])CC1. The summed E-state index contributed by atoms with van der Waals surface area (Å²) in [6.45, 7) is 2.56. The van der Waals surface area contributed by atoms with Gasteiger partial charge < -0.3 is 4.90 Å². The van der Waals surface area contributed by atoms with Crippen LogP contribution in [0.15, 0.2) is 40.6 Å². The van der Waals surface area contributed by atoms with E-state index in [4.69, 9.17) is 0 Å². The average molecular weight is 395 g/mol. The lowest BCUT2D eigenvalue weighted by molar-refractivity contribution is -0.387. The first kappa shape index (κ1) is 18.5. The van der Waals surface area contributed by atoms with Crippen molar-refractivity contribution in [2.45, 2.75) is 11.8 Å². The molecule has 2 aromatic rings. The minimum absolute atomic E-state index is 0.102. The Kier molecular flexibility index (Phi) is 5.08. The zero-order chi connectivity index (χ0) is 18.9. The maximum atomic E-state index is 12.8. The smallest absolute Gasteiger partial charge is 0.289 e. The van der Waals surface area contributed by atoms with E-state index in [1.807, 2.05) is 18.4 Å². The first-order chi connectivity index (χ1) is 12.3. The van der Waals surface area contributed by atoms with E-state index in [0.717, 1.165) is 5.56 Å². The van der Waals surface area contributed by atoms with Crippen LogP contribution in [0.2, 0.25) is 0 Å². The molecule has 0 N–H and O–H groups in total. The van der Waals surface area contributed by atoms with E-state index in [1.54, 1.807) is 4.90 Å². The molecule has 3 rings (SSSR count). The number of sulfonamides is 1. The van der Waals surface area contributed by atoms with Crippen LogP contribution in [0, 0.1) is 17.0 Å². The molecule has 1 fully saturated rings. The van der Waals surface area contributed by atoms with Gasteiger partial charge in [0.05, 0.1) is 9.80 Å². The molecule has 26 heavy (non-hydrogen) atoms. The minimum atomic E-state index is -3.99. The number of hydrogen-bond acceptors (Lipinski definition) is 6. The van der Waals surface area contributed by atoms with Crippen LogP contribution in [0.1, 0.15) is 15.2 Å². The molecule has 138 valence electrons. The number of amides is 1. The van der Waals surface area contributed by atoms with Crippen LogP contribution >= 0.6 is 11.3 Å². The van der Waals surface area contributed by atoms with Crippen LogP contribution in [-0.2, 0) is 10.0 Å². The molecule has 2 heterocycles. The molecule has 1 aromatic carbocycles. The van der Waals surface area contributed by atoms with E-state index in [1.165, 1.54) is 39.9 Å². The van der Waals surface area contributed by atoms with E-state index in [-0.39, 0.29) is 37.0 Å². The van der Waals surface area contributed by atoms with Gasteiger partial charge in [-0.2, -0.15) is 4.31 Å². The Morgan fingerprint density at radius 3 is 2.38 bits per heavy atom. The maximum absolute atomic E-state index is 12.8. The average Bonchev–Trinajstić information content (AvgIpc) is 3.07. The maximum Gasteiger partial charge on any atom is 0.289 e. The van der Waals surface area contributed by atoms with E-state index in [9.17, 15) is 23.3 Å². The lowest BCUT2D eigenvalue weighted by atomic mass is 10.2. The van der Waals surface area contributed by atoms with Gasteiger partial charge >= 0.3 is 0 Å². The fourth-order valence-corrected chi connectivity index (χ4v) is 5.30. The monoisotopic (exact) mass is 395 g/mol. The predicted octanol–water partition coefficient (Wildman–Crippen LogP) is 2.11. The molecule has 10 heteroatoms. The van der Waals surface area contributed by atoms with Crippen molar-refractivity contribution in [2.24, 2.45) is 0 Å². The molecular formula is C16H17N3O5S2.